The summed E-state index contributed by atoms with van der Waals surface area (Å²) in [6.07, 6.45) is 0.653. The van der Waals surface area contributed by atoms with Crippen molar-refractivity contribution < 1.29 is 14.7 Å². The Morgan fingerprint density at radius 1 is 0.957 bits per heavy atom. The van der Waals surface area contributed by atoms with Crippen LogP contribution in [0.25, 0.3) is 11.1 Å². The summed E-state index contributed by atoms with van der Waals surface area (Å²) in [6, 6.07) is 14.1. The third-order valence-corrected chi connectivity index (χ3v) is 3.85. The van der Waals surface area contributed by atoms with Gasteiger partial charge in [-0.2, -0.15) is 0 Å². The van der Waals surface area contributed by atoms with Gasteiger partial charge < -0.3 is 14.7 Å². The Balaban J connectivity index is 2.23. The van der Waals surface area contributed by atoms with E-state index < -0.39 is 0 Å². The quantitative estimate of drug-likeness (QED) is 0.488. The minimum atomic E-state index is 0.227. The summed E-state index contributed by atoms with van der Waals surface area (Å²) in [5, 5.41) is 12.5. The van der Waals surface area contributed by atoms with E-state index in [0.717, 1.165) is 22.4 Å². The second-order valence-corrected chi connectivity index (χ2v) is 5.69. The molecule has 2 aromatic carbocycles. The number of ether oxygens (including phenoxy) is 2. The molecule has 0 saturated heterocycles. The Kier molecular flexibility index (Phi) is 5.63. The van der Waals surface area contributed by atoms with Gasteiger partial charge in [0.15, 0.2) is 11.5 Å². The second kappa shape index (κ2) is 7.68. The lowest BCUT2D eigenvalue weighted by Gasteiger charge is -2.11. The minimum absolute atomic E-state index is 0.227. The highest BCUT2D eigenvalue weighted by atomic mass is 16.5. The van der Waals surface area contributed by atoms with Crippen molar-refractivity contribution in [3.8, 4) is 22.6 Å². The molecular formula is C19H23NO3. The first kappa shape index (κ1) is 16.9. The van der Waals surface area contributed by atoms with Crippen molar-refractivity contribution >= 4 is 5.71 Å². The van der Waals surface area contributed by atoms with Crippen LogP contribution in [0.5, 0.6) is 11.5 Å². The van der Waals surface area contributed by atoms with Gasteiger partial charge in [-0.3, -0.25) is 0 Å². The van der Waals surface area contributed by atoms with Crippen LogP contribution in [0.3, 0.4) is 0 Å². The Hall–Kier alpha value is -2.49. The molecule has 0 fully saturated rings. The topological polar surface area (TPSA) is 51.0 Å². The van der Waals surface area contributed by atoms with E-state index in [2.05, 4.69) is 29.4 Å². The van der Waals surface area contributed by atoms with E-state index in [4.69, 9.17) is 14.7 Å². The van der Waals surface area contributed by atoms with Gasteiger partial charge in [-0.15, -0.1) is 0 Å². The molecule has 0 heterocycles. The Morgan fingerprint density at radius 3 is 2.09 bits per heavy atom. The van der Waals surface area contributed by atoms with Gasteiger partial charge in [0, 0.05) is 6.42 Å². The predicted molar refractivity (Wildman–Crippen MR) is 92.7 cm³/mol. The van der Waals surface area contributed by atoms with Crippen LogP contribution in [0.2, 0.25) is 0 Å². The molecule has 0 aliphatic carbocycles. The van der Waals surface area contributed by atoms with Gasteiger partial charge in [0.05, 0.1) is 19.9 Å². The van der Waals surface area contributed by atoms with Crippen molar-refractivity contribution in [2.45, 2.75) is 20.3 Å². The van der Waals surface area contributed by atoms with E-state index in [1.54, 1.807) is 14.2 Å². The average Bonchev–Trinajstić information content (AvgIpc) is 2.59. The molecule has 0 aliphatic heterocycles. The zero-order valence-electron chi connectivity index (χ0n) is 14.0. The lowest BCUT2D eigenvalue weighted by molar-refractivity contribution is 0.314. The maximum absolute atomic E-state index is 9.06. The van der Waals surface area contributed by atoms with Crippen LogP contribution in [0, 0.1) is 5.92 Å². The third kappa shape index (κ3) is 4.03. The van der Waals surface area contributed by atoms with Gasteiger partial charge in [-0.25, -0.2) is 0 Å². The molecule has 0 aromatic heterocycles. The Bertz CT molecular complexity index is 676. The number of nitrogens with zero attached hydrogens (tertiary/aromatic N) is 1. The van der Waals surface area contributed by atoms with Crippen molar-refractivity contribution in [3.63, 3.8) is 0 Å². The third-order valence-electron chi connectivity index (χ3n) is 3.85. The first-order valence-corrected chi connectivity index (χ1v) is 7.61. The summed E-state index contributed by atoms with van der Waals surface area (Å²) in [5.74, 6) is 1.66. The first-order valence-electron chi connectivity index (χ1n) is 7.61. The molecule has 0 radical (unpaired) electrons. The van der Waals surface area contributed by atoms with Gasteiger partial charge in [0.1, 0.15) is 0 Å². The number of rotatable bonds is 6. The minimum Gasteiger partial charge on any atom is -0.493 e. The summed E-state index contributed by atoms with van der Waals surface area (Å²) in [5.41, 5.74) is 4.07. The van der Waals surface area contributed by atoms with Crippen molar-refractivity contribution in [2.75, 3.05) is 14.2 Å². The predicted octanol–water partition coefficient (Wildman–Crippen LogP) is 4.40. The van der Waals surface area contributed by atoms with Crippen molar-refractivity contribution in [3.05, 3.63) is 48.0 Å². The summed E-state index contributed by atoms with van der Waals surface area (Å²) in [7, 11) is 3.26. The van der Waals surface area contributed by atoms with Crippen LogP contribution in [-0.4, -0.2) is 25.1 Å². The first-order chi connectivity index (χ1) is 11.1. The molecule has 0 amide bonds. The lowest BCUT2D eigenvalue weighted by Crippen LogP contribution is -2.10. The largest absolute Gasteiger partial charge is 0.493 e. The molecule has 4 nitrogen and oxygen atoms in total. The highest BCUT2D eigenvalue weighted by Gasteiger charge is 2.09. The summed E-state index contributed by atoms with van der Waals surface area (Å²) < 4.78 is 10.6. The molecule has 0 spiro atoms. The van der Waals surface area contributed by atoms with Crippen LogP contribution in [0.15, 0.2) is 47.6 Å². The van der Waals surface area contributed by atoms with Crippen LogP contribution < -0.4 is 9.47 Å². The average molecular weight is 313 g/mol. The molecule has 122 valence electrons. The zero-order valence-corrected chi connectivity index (χ0v) is 14.0. The van der Waals surface area contributed by atoms with E-state index in [9.17, 15) is 0 Å². The fourth-order valence-electron chi connectivity index (χ4n) is 2.39. The number of benzene rings is 2. The molecular weight excluding hydrogens is 290 g/mol. The molecule has 2 aromatic rings. The Morgan fingerprint density at radius 2 is 1.57 bits per heavy atom. The van der Waals surface area contributed by atoms with Gasteiger partial charge >= 0.3 is 0 Å². The van der Waals surface area contributed by atoms with Crippen molar-refractivity contribution in [1.29, 1.82) is 0 Å². The maximum Gasteiger partial charge on any atom is 0.161 e. The van der Waals surface area contributed by atoms with E-state index in [1.165, 1.54) is 0 Å². The fraction of sp³-hybridized carbons (Fsp3) is 0.316. The molecule has 0 atom stereocenters. The molecule has 4 heteroatoms. The fourth-order valence-corrected chi connectivity index (χ4v) is 2.39. The highest BCUT2D eigenvalue weighted by Crippen LogP contribution is 2.32. The zero-order chi connectivity index (χ0) is 16.8. The van der Waals surface area contributed by atoms with E-state index in [1.807, 2.05) is 32.0 Å². The van der Waals surface area contributed by atoms with Gasteiger partial charge in [0.25, 0.3) is 0 Å². The molecule has 0 unspecified atom stereocenters. The van der Waals surface area contributed by atoms with Crippen LogP contribution in [0.4, 0.5) is 0 Å². The van der Waals surface area contributed by atoms with Gasteiger partial charge in [-0.1, -0.05) is 49.3 Å². The standard InChI is InChI=1S/C19H23NO3/c1-13(2)17(20-21)11-14-5-7-15(8-6-14)16-9-10-18(22-3)19(12-16)23-4/h5-10,12-13,21H,11H2,1-4H3/b20-17-. The molecule has 1 N–H and O–H groups in total. The summed E-state index contributed by atoms with van der Waals surface area (Å²) >= 11 is 0. The SMILES string of the molecule is COc1ccc(-c2ccc(C/C(=N/O)C(C)C)cc2)cc1OC. The number of hydrogen-bond donors (Lipinski definition) is 1. The molecule has 2 rings (SSSR count). The Labute approximate surface area is 137 Å². The number of hydrogen-bond acceptors (Lipinski definition) is 4. The monoisotopic (exact) mass is 313 g/mol. The van der Waals surface area contributed by atoms with Crippen molar-refractivity contribution in [1.82, 2.24) is 0 Å². The maximum atomic E-state index is 9.06. The van der Waals surface area contributed by atoms with E-state index in [-0.39, 0.29) is 5.92 Å². The summed E-state index contributed by atoms with van der Waals surface area (Å²) in [4.78, 5) is 0. The van der Waals surface area contributed by atoms with E-state index >= 15 is 0 Å². The molecule has 0 aliphatic rings. The smallest absolute Gasteiger partial charge is 0.161 e. The van der Waals surface area contributed by atoms with Crippen LogP contribution in [-0.2, 0) is 6.42 Å². The van der Waals surface area contributed by atoms with Gasteiger partial charge in [-0.05, 0) is 34.7 Å². The summed E-state index contributed by atoms with van der Waals surface area (Å²) in [6.45, 7) is 4.04. The number of methoxy groups -OCH3 is 2. The van der Waals surface area contributed by atoms with Crippen molar-refractivity contribution in [2.24, 2.45) is 11.1 Å². The molecule has 23 heavy (non-hydrogen) atoms. The highest BCUT2D eigenvalue weighted by molar-refractivity contribution is 5.87. The normalized spacial score (nSPS) is 11.6. The second-order valence-electron chi connectivity index (χ2n) is 5.69. The van der Waals surface area contributed by atoms with Crippen LogP contribution in [0.1, 0.15) is 19.4 Å². The lowest BCUT2D eigenvalue weighted by atomic mass is 9.97. The number of oxime groups is 1. The molecule has 0 saturated carbocycles. The van der Waals surface area contributed by atoms with E-state index in [0.29, 0.717) is 17.9 Å². The van der Waals surface area contributed by atoms with Gasteiger partial charge in [0.2, 0.25) is 0 Å². The molecule has 0 bridgehead atoms. The van der Waals surface area contributed by atoms with Crippen LogP contribution >= 0.6 is 0 Å².